The Morgan fingerprint density at radius 3 is 2.33 bits per heavy atom. The molecule has 0 aliphatic carbocycles. The summed E-state index contributed by atoms with van der Waals surface area (Å²) in [6, 6.07) is 0.0640. The van der Waals surface area contributed by atoms with Gasteiger partial charge in [0.1, 0.15) is 5.88 Å². The molecule has 1 fully saturated rings. The van der Waals surface area contributed by atoms with Crippen molar-refractivity contribution in [2.75, 3.05) is 5.88 Å². The van der Waals surface area contributed by atoms with Gasteiger partial charge in [0.25, 0.3) is 0 Å². The third-order valence-electron chi connectivity index (χ3n) is 2.80. The maximum absolute atomic E-state index is 11.7. The van der Waals surface area contributed by atoms with E-state index < -0.39 is 5.91 Å². The maximum Gasteiger partial charge on any atom is 0.324 e. The summed E-state index contributed by atoms with van der Waals surface area (Å²) in [6.07, 6.45) is 3.12. The predicted octanol–water partition coefficient (Wildman–Crippen LogP) is 1.72. The number of urea groups is 1. The van der Waals surface area contributed by atoms with Crippen molar-refractivity contribution in [2.24, 2.45) is 0 Å². The lowest BCUT2D eigenvalue weighted by Gasteiger charge is -2.38. The Morgan fingerprint density at radius 2 is 1.87 bits per heavy atom. The lowest BCUT2D eigenvalue weighted by molar-refractivity contribution is -0.117. The first kappa shape index (κ1) is 12.3. The molecule has 1 N–H and O–H groups in total. The van der Waals surface area contributed by atoms with Gasteiger partial charge in [-0.1, -0.05) is 0 Å². The highest BCUT2D eigenvalue weighted by atomic mass is 35.5. The van der Waals surface area contributed by atoms with Crippen LogP contribution in [0.4, 0.5) is 4.79 Å². The molecule has 0 aromatic heterocycles. The molecule has 3 amide bonds. The van der Waals surface area contributed by atoms with Crippen LogP contribution in [0.1, 0.15) is 33.1 Å². The fraction of sp³-hybridized carbons (Fsp3) is 0.800. The van der Waals surface area contributed by atoms with Gasteiger partial charge in [-0.05, 0) is 33.1 Å². The molecule has 86 valence electrons. The molecule has 5 heteroatoms. The average Bonchev–Trinajstić information content (AvgIpc) is 2.17. The zero-order chi connectivity index (χ0) is 11.4. The van der Waals surface area contributed by atoms with Crippen LogP contribution in [0.15, 0.2) is 0 Å². The van der Waals surface area contributed by atoms with Crippen LogP contribution in [0.2, 0.25) is 0 Å². The van der Waals surface area contributed by atoms with Crippen molar-refractivity contribution >= 4 is 23.5 Å². The minimum absolute atomic E-state index is 0.178. The normalized spacial score (nSPS) is 26.2. The number of nitrogens with zero attached hydrogens (tertiary/aromatic N) is 1. The van der Waals surface area contributed by atoms with Gasteiger partial charge in [0, 0.05) is 12.1 Å². The van der Waals surface area contributed by atoms with E-state index in [4.69, 9.17) is 11.6 Å². The first-order valence-corrected chi connectivity index (χ1v) is 5.77. The molecule has 0 aromatic carbocycles. The molecule has 1 rings (SSSR count). The molecule has 4 nitrogen and oxygen atoms in total. The van der Waals surface area contributed by atoms with Crippen molar-refractivity contribution < 1.29 is 9.59 Å². The van der Waals surface area contributed by atoms with E-state index in [2.05, 4.69) is 5.32 Å². The van der Waals surface area contributed by atoms with Crippen LogP contribution in [0.25, 0.3) is 0 Å². The zero-order valence-corrected chi connectivity index (χ0v) is 9.88. The quantitative estimate of drug-likeness (QED) is 0.700. The van der Waals surface area contributed by atoms with Gasteiger partial charge in [0.05, 0.1) is 0 Å². The van der Waals surface area contributed by atoms with E-state index in [0.717, 1.165) is 19.3 Å². The van der Waals surface area contributed by atoms with Crippen molar-refractivity contribution in [1.29, 1.82) is 0 Å². The number of halogens is 1. The second-order valence-corrected chi connectivity index (χ2v) is 4.29. The fourth-order valence-electron chi connectivity index (χ4n) is 2.04. The van der Waals surface area contributed by atoms with Crippen LogP contribution in [-0.2, 0) is 4.79 Å². The number of carbonyl (C=O) groups is 2. The van der Waals surface area contributed by atoms with Crippen LogP contribution in [0, 0.1) is 0 Å². The van der Waals surface area contributed by atoms with E-state index in [1.807, 2.05) is 13.8 Å². The Morgan fingerprint density at radius 1 is 1.33 bits per heavy atom. The summed E-state index contributed by atoms with van der Waals surface area (Å²) in [5.74, 6) is -0.617. The number of hydrogen-bond acceptors (Lipinski definition) is 2. The molecule has 0 aromatic rings. The van der Waals surface area contributed by atoms with E-state index in [-0.39, 0.29) is 24.0 Å². The molecule has 15 heavy (non-hydrogen) atoms. The summed E-state index contributed by atoms with van der Waals surface area (Å²) in [5.41, 5.74) is 0. The highest BCUT2D eigenvalue weighted by Gasteiger charge is 2.29. The predicted molar refractivity (Wildman–Crippen MR) is 58.9 cm³/mol. The van der Waals surface area contributed by atoms with Crippen LogP contribution >= 0.6 is 11.6 Å². The van der Waals surface area contributed by atoms with Gasteiger partial charge in [-0.15, -0.1) is 11.6 Å². The number of alkyl halides is 1. The lowest BCUT2D eigenvalue weighted by Crippen LogP contribution is -2.53. The second-order valence-electron chi connectivity index (χ2n) is 4.02. The van der Waals surface area contributed by atoms with Gasteiger partial charge in [0.2, 0.25) is 5.91 Å². The fourth-order valence-corrected chi connectivity index (χ4v) is 2.11. The number of likely N-dealkylation sites (tertiary alicyclic amines) is 1. The van der Waals surface area contributed by atoms with Crippen LogP contribution in [0.5, 0.6) is 0 Å². The molecule has 0 radical (unpaired) electrons. The highest BCUT2D eigenvalue weighted by Crippen LogP contribution is 2.22. The van der Waals surface area contributed by atoms with Gasteiger partial charge in [0.15, 0.2) is 0 Å². The van der Waals surface area contributed by atoms with Crippen molar-refractivity contribution in [3.8, 4) is 0 Å². The summed E-state index contributed by atoms with van der Waals surface area (Å²) < 4.78 is 0. The first-order valence-electron chi connectivity index (χ1n) is 5.24. The molecule has 0 saturated carbocycles. The van der Waals surface area contributed by atoms with E-state index in [0.29, 0.717) is 0 Å². The van der Waals surface area contributed by atoms with E-state index in [1.54, 1.807) is 4.90 Å². The number of amides is 3. The number of rotatable bonds is 1. The average molecular weight is 233 g/mol. The Labute approximate surface area is 95.0 Å². The van der Waals surface area contributed by atoms with Crippen molar-refractivity contribution in [1.82, 2.24) is 10.2 Å². The van der Waals surface area contributed by atoms with Crippen molar-refractivity contribution in [2.45, 2.75) is 45.2 Å². The molecule has 2 atom stereocenters. The number of carbonyl (C=O) groups excluding carboxylic acids is 2. The smallest absolute Gasteiger partial charge is 0.319 e. The molecule has 1 saturated heterocycles. The van der Waals surface area contributed by atoms with Gasteiger partial charge in [-0.3, -0.25) is 10.1 Å². The minimum atomic E-state index is -0.438. The van der Waals surface area contributed by atoms with Gasteiger partial charge < -0.3 is 4.90 Å². The van der Waals surface area contributed by atoms with Crippen LogP contribution < -0.4 is 5.32 Å². The summed E-state index contributed by atoms with van der Waals surface area (Å²) in [5, 5.41) is 2.28. The van der Waals surface area contributed by atoms with E-state index in [9.17, 15) is 9.59 Å². The van der Waals surface area contributed by atoms with Crippen LogP contribution in [0.3, 0.4) is 0 Å². The largest absolute Gasteiger partial charge is 0.324 e. The third kappa shape index (κ3) is 3.09. The summed E-state index contributed by atoms with van der Waals surface area (Å²) in [7, 11) is 0. The van der Waals surface area contributed by atoms with Gasteiger partial charge >= 0.3 is 6.03 Å². The Balaban J connectivity index is 2.59. The zero-order valence-electron chi connectivity index (χ0n) is 9.12. The molecule has 0 unspecified atom stereocenters. The number of nitrogens with one attached hydrogen (secondary N) is 1. The van der Waals surface area contributed by atoms with Crippen molar-refractivity contribution in [3.63, 3.8) is 0 Å². The van der Waals surface area contributed by atoms with Gasteiger partial charge in [-0.25, -0.2) is 4.79 Å². The number of piperidine rings is 1. The lowest BCUT2D eigenvalue weighted by atomic mass is 9.98. The maximum atomic E-state index is 11.7. The molecule has 0 bridgehead atoms. The molecule has 1 aliphatic heterocycles. The van der Waals surface area contributed by atoms with E-state index in [1.165, 1.54) is 0 Å². The summed E-state index contributed by atoms with van der Waals surface area (Å²) >= 11 is 5.32. The molecular weight excluding hydrogens is 216 g/mol. The Kier molecular flexibility index (Phi) is 4.39. The van der Waals surface area contributed by atoms with E-state index >= 15 is 0 Å². The minimum Gasteiger partial charge on any atom is -0.319 e. The number of imide groups is 1. The number of hydrogen-bond donors (Lipinski definition) is 1. The molecular formula is C10H17ClN2O2. The third-order valence-corrected chi connectivity index (χ3v) is 3.04. The topological polar surface area (TPSA) is 49.4 Å². The molecule has 0 spiro atoms. The second kappa shape index (κ2) is 5.35. The summed E-state index contributed by atoms with van der Waals surface area (Å²) in [4.78, 5) is 24.4. The van der Waals surface area contributed by atoms with Crippen molar-refractivity contribution in [3.05, 3.63) is 0 Å². The Hall–Kier alpha value is -0.770. The van der Waals surface area contributed by atoms with Gasteiger partial charge in [-0.2, -0.15) is 0 Å². The highest BCUT2D eigenvalue weighted by molar-refractivity contribution is 6.28. The Bertz CT molecular complexity index is 248. The molecule has 1 aliphatic rings. The first-order chi connectivity index (χ1) is 7.06. The monoisotopic (exact) mass is 232 g/mol. The SMILES string of the molecule is C[C@@H]1CCC[C@H](C)N1C(=O)NC(=O)CCl. The molecule has 1 heterocycles. The summed E-state index contributed by atoms with van der Waals surface area (Å²) in [6.45, 7) is 4.00. The van der Waals surface area contributed by atoms with Crippen LogP contribution in [-0.4, -0.2) is 34.8 Å². The standard InChI is InChI=1S/C10H17ClN2O2/c1-7-4-3-5-8(2)13(7)10(15)12-9(14)6-11/h7-8H,3-6H2,1-2H3,(H,12,14,15)/t7-,8+.